The third kappa shape index (κ3) is 3.16. The molecule has 0 spiro atoms. The van der Waals surface area contributed by atoms with E-state index in [1.807, 2.05) is 19.2 Å². The lowest BCUT2D eigenvalue weighted by Crippen LogP contribution is -2.09. The molecule has 2 aromatic rings. The maximum atomic E-state index is 5.40. The third-order valence-electron chi connectivity index (χ3n) is 2.29. The fraction of sp³-hybridized carbons (Fsp3) is 0.417. The number of hydrogen-bond donors (Lipinski definition) is 1. The summed E-state index contributed by atoms with van der Waals surface area (Å²) in [6.45, 7) is 6.43. The standard InChI is InChI=1S/C12H16N4OS/c1-4-17-11-7-10(15-9(3)16-11)14-8(2)12-13-5-6-18-12/h5-8H,4H2,1-3H3,(H,14,15,16). The average molecular weight is 264 g/mol. The van der Waals surface area contributed by atoms with E-state index in [9.17, 15) is 0 Å². The topological polar surface area (TPSA) is 59.9 Å². The van der Waals surface area contributed by atoms with Gasteiger partial charge in [0.2, 0.25) is 5.88 Å². The van der Waals surface area contributed by atoms with E-state index in [1.54, 1.807) is 23.6 Å². The molecule has 1 N–H and O–H groups in total. The largest absolute Gasteiger partial charge is 0.478 e. The number of aryl methyl sites for hydroxylation is 1. The molecule has 0 aliphatic rings. The Balaban J connectivity index is 2.13. The number of ether oxygens (including phenoxy) is 1. The highest BCUT2D eigenvalue weighted by Gasteiger charge is 2.10. The molecule has 0 aliphatic carbocycles. The molecule has 0 aromatic carbocycles. The first-order valence-corrected chi connectivity index (χ1v) is 6.71. The minimum Gasteiger partial charge on any atom is -0.478 e. The normalized spacial score (nSPS) is 12.2. The number of hydrogen-bond acceptors (Lipinski definition) is 6. The van der Waals surface area contributed by atoms with Crippen LogP contribution < -0.4 is 10.1 Å². The van der Waals surface area contributed by atoms with E-state index < -0.39 is 0 Å². The molecule has 0 radical (unpaired) electrons. The van der Waals surface area contributed by atoms with Crippen LogP contribution in [0.1, 0.15) is 30.7 Å². The summed E-state index contributed by atoms with van der Waals surface area (Å²) in [6.07, 6.45) is 1.80. The molecule has 0 amide bonds. The minimum atomic E-state index is 0.119. The van der Waals surface area contributed by atoms with Crippen molar-refractivity contribution in [2.45, 2.75) is 26.8 Å². The Bertz CT molecular complexity index is 501. The maximum absolute atomic E-state index is 5.40. The summed E-state index contributed by atoms with van der Waals surface area (Å²) < 4.78 is 5.40. The molecule has 1 atom stereocenters. The number of anilines is 1. The quantitative estimate of drug-likeness (QED) is 0.899. The van der Waals surface area contributed by atoms with E-state index in [0.717, 1.165) is 10.8 Å². The molecule has 2 heterocycles. The summed E-state index contributed by atoms with van der Waals surface area (Å²) in [5.74, 6) is 2.04. The Labute approximate surface area is 110 Å². The first kappa shape index (κ1) is 12.8. The molecule has 1 unspecified atom stereocenters. The van der Waals surface area contributed by atoms with E-state index in [0.29, 0.717) is 18.3 Å². The molecule has 0 fully saturated rings. The third-order valence-corrected chi connectivity index (χ3v) is 3.25. The van der Waals surface area contributed by atoms with Crippen LogP contribution in [0.5, 0.6) is 5.88 Å². The van der Waals surface area contributed by atoms with Gasteiger partial charge in [0.1, 0.15) is 16.6 Å². The first-order valence-electron chi connectivity index (χ1n) is 5.83. The Morgan fingerprint density at radius 3 is 2.94 bits per heavy atom. The second-order valence-electron chi connectivity index (χ2n) is 3.81. The number of rotatable bonds is 5. The molecule has 0 bridgehead atoms. The van der Waals surface area contributed by atoms with Crippen LogP contribution in [0.15, 0.2) is 17.6 Å². The summed E-state index contributed by atoms with van der Waals surface area (Å²) in [5.41, 5.74) is 0. The van der Waals surface area contributed by atoms with Gasteiger partial charge in [-0.05, 0) is 20.8 Å². The van der Waals surface area contributed by atoms with E-state index in [1.165, 1.54) is 0 Å². The van der Waals surface area contributed by atoms with Gasteiger partial charge in [-0.2, -0.15) is 4.98 Å². The van der Waals surface area contributed by atoms with Gasteiger partial charge in [0.25, 0.3) is 0 Å². The van der Waals surface area contributed by atoms with Crippen LogP contribution in [0, 0.1) is 6.92 Å². The van der Waals surface area contributed by atoms with Crippen molar-refractivity contribution in [3.8, 4) is 5.88 Å². The summed E-state index contributed by atoms with van der Waals surface area (Å²) >= 11 is 1.62. The lowest BCUT2D eigenvalue weighted by atomic mass is 10.3. The van der Waals surface area contributed by atoms with Gasteiger partial charge in [0.05, 0.1) is 12.6 Å². The molecule has 5 nitrogen and oxygen atoms in total. The van der Waals surface area contributed by atoms with Gasteiger partial charge < -0.3 is 10.1 Å². The molecular weight excluding hydrogens is 248 g/mol. The van der Waals surface area contributed by atoms with Gasteiger partial charge in [-0.3, -0.25) is 0 Å². The Morgan fingerprint density at radius 2 is 2.28 bits per heavy atom. The summed E-state index contributed by atoms with van der Waals surface area (Å²) in [5, 5.41) is 6.30. The van der Waals surface area contributed by atoms with Gasteiger partial charge in [0.15, 0.2) is 0 Å². The molecule has 2 rings (SSSR count). The van der Waals surface area contributed by atoms with Crippen LogP contribution in [0.4, 0.5) is 5.82 Å². The lowest BCUT2D eigenvalue weighted by Gasteiger charge is -2.13. The van der Waals surface area contributed by atoms with E-state index >= 15 is 0 Å². The highest BCUT2D eigenvalue weighted by molar-refractivity contribution is 7.09. The van der Waals surface area contributed by atoms with Crippen molar-refractivity contribution in [2.75, 3.05) is 11.9 Å². The van der Waals surface area contributed by atoms with Crippen molar-refractivity contribution in [3.05, 3.63) is 28.5 Å². The number of aromatic nitrogens is 3. The van der Waals surface area contributed by atoms with Gasteiger partial charge in [-0.1, -0.05) is 0 Å². The van der Waals surface area contributed by atoms with Crippen LogP contribution in [0.3, 0.4) is 0 Å². The first-order chi connectivity index (χ1) is 8.69. The van der Waals surface area contributed by atoms with Crippen molar-refractivity contribution >= 4 is 17.2 Å². The fourth-order valence-corrected chi connectivity index (χ4v) is 2.21. The number of nitrogens with zero attached hydrogens (tertiary/aromatic N) is 3. The van der Waals surface area contributed by atoms with Gasteiger partial charge in [-0.15, -0.1) is 11.3 Å². The highest BCUT2D eigenvalue weighted by atomic mass is 32.1. The summed E-state index contributed by atoms with van der Waals surface area (Å²) in [7, 11) is 0. The number of nitrogens with one attached hydrogen (secondary N) is 1. The predicted molar refractivity (Wildman–Crippen MR) is 72.1 cm³/mol. The molecular formula is C12H16N4OS. The van der Waals surface area contributed by atoms with E-state index in [-0.39, 0.29) is 6.04 Å². The zero-order valence-electron chi connectivity index (χ0n) is 10.7. The van der Waals surface area contributed by atoms with Gasteiger partial charge >= 0.3 is 0 Å². The fourth-order valence-electron chi connectivity index (χ4n) is 1.57. The van der Waals surface area contributed by atoms with Crippen LogP contribution in [-0.2, 0) is 0 Å². The number of thiazole rings is 1. The van der Waals surface area contributed by atoms with Crippen LogP contribution in [0.25, 0.3) is 0 Å². The molecule has 0 aliphatic heterocycles. The van der Waals surface area contributed by atoms with Gasteiger partial charge in [0, 0.05) is 17.6 Å². The minimum absolute atomic E-state index is 0.119. The van der Waals surface area contributed by atoms with Gasteiger partial charge in [-0.25, -0.2) is 9.97 Å². The SMILES string of the molecule is CCOc1cc(NC(C)c2nccs2)nc(C)n1. The Morgan fingerprint density at radius 1 is 1.44 bits per heavy atom. The second-order valence-corrected chi connectivity index (χ2v) is 4.73. The zero-order valence-corrected chi connectivity index (χ0v) is 11.5. The molecule has 6 heteroatoms. The monoisotopic (exact) mass is 264 g/mol. The molecule has 18 heavy (non-hydrogen) atoms. The molecule has 96 valence electrons. The van der Waals surface area contributed by atoms with Crippen LogP contribution in [-0.4, -0.2) is 21.6 Å². The van der Waals surface area contributed by atoms with Crippen molar-refractivity contribution in [1.29, 1.82) is 0 Å². The van der Waals surface area contributed by atoms with E-state index in [4.69, 9.17) is 4.74 Å². The van der Waals surface area contributed by atoms with Crippen molar-refractivity contribution in [1.82, 2.24) is 15.0 Å². The smallest absolute Gasteiger partial charge is 0.218 e. The summed E-state index contributed by atoms with van der Waals surface area (Å²) in [4.78, 5) is 12.8. The Kier molecular flexibility index (Phi) is 4.09. The van der Waals surface area contributed by atoms with Crippen molar-refractivity contribution < 1.29 is 4.74 Å². The average Bonchev–Trinajstić information content (AvgIpc) is 2.81. The molecule has 0 saturated carbocycles. The van der Waals surface area contributed by atoms with Crippen molar-refractivity contribution in [3.63, 3.8) is 0 Å². The Hall–Kier alpha value is -1.69. The zero-order chi connectivity index (χ0) is 13.0. The van der Waals surface area contributed by atoms with Crippen molar-refractivity contribution in [2.24, 2.45) is 0 Å². The van der Waals surface area contributed by atoms with Crippen LogP contribution in [0.2, 0.25) is 0 Å². The molecule has 2 aromatic heterocycles. The van der Waals surface area contributed by atoms with E-state index in [2.05, 4.69) is 27.2 Å². The second kappa shape index (κ2) is 5.77. The maximum Gasteiger partial charge on any atom is 0.218 e. The lowest BCUT2D eigenvalue weighted by molar-refractivity contribution is 0.325. The highest BCUT2D eigenvalue weighted by Crippen LogP contribution is 2.21. The van der Waals surface area contributed by atoms with Crippen LogP contribution >= 0.6 is 11.3 Å². The molecule has 0 saturated heterocycles. The predicted octanol–water partition coefficient (Wildman–Crippen LogP) is 2.81. The summed E-state index contributed by atoms with van der Waals surface area (Å²) in [6, 6.07) is 1.93.